The van der Waals surface area contributed by atoms with Crippen LogP contribution in [0, 0.1) is 0 Å². The molecule has 3 aromatic rings. The van der Waals surface area contributed by atoms with Crippen molar-refractivity contribution in [3.8, 4) is 11.5 Å². The molecule has 0 radical (unpaired) electrons. The first-order chi connectivity index (χ1) is 12.2. The van der Waals surface area contributed by atoms with Crippen molar-refractivity contribution < 1.29 is 9.21 Å². The van der Waals surface area contributed by atoms with Crippen molar-refractivity contribution in [3.05, 3.63) is 58.6 Å². The molecule has 0 aliphatic heterocycles. The van der Waals surface area contributed by atoms with Crippen molar-refractivity contribution in [1.82, 2.24) is 10.2 Å². The van der Waals surface area contributed by atoms with Crippen molar-refractivity contribution in [1.29, 1.82) is 0 Å². The molecule has 1 aromatic heterocycles. The van der Waals surface area contributed by atoms with E-state index in [1.807, 2.05) is 48.5 Å². The van der Waals surface area contributed by atoms with Gasteiger partial charge in [0.2, 0.25) is 11.8 Å². The largest absolute Gasteiger partial charge is 0.411 e. The third-order valence-corrected chi connectivity index (χ3v) is 4.84. The lowest BCUT2D eigenvalue weighted by Crippen LogP contribution is -2.15. The molecule has 1 amide bonds. The Morgan fingerprint density at radius 2 is 1.92 bits per heavy atom. The van der Waals surface area contributed by atoms with E-state index in [-0.39, 0.29) is 11.7 Å². The third-order valence-electron chi connectivity index (χ3n) is 3.50. The van der Waals surface area contributed by atoms with Gasteiger partial charge in [-0.15, -0.1) is 10.2 Å². The summed E-state index contributed by atoms with van der Waals surface area (Å²) in [7, 11) is 0. The molecule has 0 bridgehead atoms. The number of aromatic nitrogens is 2. The van der Waals surface area contributed by atoms with Crippen LogP contribution in [0.2, 0.25) is 0 Å². The monoisotopic (exact) mass is 417 g/mol. The number of benzene rings is 2. The maximum Gasteiger partial charge on any atom is 0.277 e. The van der Waals surface area contributed by atoms with Crippen molar-refractivity contribution in [2.45, 2.75) is 18.6 Å². The van der Waals surface area contributed by atoms with Crippen molar-refractivity contribution in [2.75, 3.05) is 11.1 Å². The van der Waals surface area contributed by atoms with Gasteiger partial charge in [0.1, 0.15) is 0 Å². The van der Waals surface area contributed by atoms with E-state index >= 15 is 0 Å². The van der Waals surface area contributed by atoms with E-state index in [9.17, 15) is 4.79 Å². The van der Waals surface area contributed by atoms with Gasteiger partial charge in [-0.2, -0.15) is 0 Å². The summed E-state index contributed by atoms with van der Waals surface area (Å²) in [6, 6.07) is 15.4. The molecule has 25 heavy (non-hydrogen) atoms. The molecular weight excluding hydrogens is 402 g/mol. The predicted molar refractivity (Wildman–Crippen MR) is 103 cm³/mol. The topological polar surface area (TPSA) is 68.0 Å². The van der Waals surface area contributed by atoms with E-state index in [0.717, 1.165) is 27.7 Å². The number of para-hydroxylation sites is 1. The average molecular weight is 418 g/mol. The van der Waals surface area contributed by atoms with E-state index in [1.54, 1.807) is 0 Å². The van der Waals surface area contributed by atoms with Crippen LogP contribution in [-0.4, -0.2) is 21.9 Å². The molecule has 0 aliphatic carbocycles. The Morgan fingerprint density at radius 1 is 1.16 bits per heavy atom. The summed E-state index contributed by atoms with van der Waals surface area (Å²) in [6.45, 7) is 2.06. The fraction of sp³-hybridized carbons (Fsp3) is 0.167. The smallest absolute Gasteiger partial charge is 0.277 e. The Hall–Kier alpha value is -2.12. The number of nitrogens with zero attached hydrogens (tertiary/aromatic N) is 2. The molecule has 1 N–H and O–H groups in total. The molecule has 0 atom stereocenters. The second-order valence-corrected chi connectivity index (χ2v) is 7.07. The number of aryl methyl sites for hydroxylation is 1. The van der Waals surface area contributed by atoms with E-state index < -0.39 is 0 Å². The van der Waals surface area contributed by atoms with Gasteiger partial charge in [0, 0.05) is 15.7 Å². The van der Waals surface area contributed by atoms with Crippen molar-refractivity contribution in [3.63, 3.8) is 0 Å². The zero-order valence-corrected chi connectivity index (χ0v) is 15.9. The molecule has 5 nitrogen and oxygen atoms in total. The second-order valence-electron chi connectivity index (χ2n) is 5.23. The van der Waals surface area contributed by atoms with Gasteiger partial charge < -0.3 is 9.73 Å². The Kier molecular flexibility index (Phi) is 5.88. The second kappa shape index (κ2) is 8.31. The number of amides is 1. The highest BCUT2D eigenvalue weighted by Gasteiger charge is 2.12. The Morgan fingerprint density at radius 3 is 2.68 bits per heavy atom. The normalized spacial score (nSPS) is 10.6. The van der Waals surface area contributed by atoms with Crippen LogP contribution in [0.4, 0.5) is 5.69 Å². The number of rotatable bonds is 6. The molecule has 1 heterocycles. The Bertz CT molecular complexity index is 865. The summed E-state index contributed by atoms with van der Waals surface area (Å²) in [4.78, 5) is 12.1. The van der Waals surface area contributed by atoms with Crippen LogP contribution in [0.5, 0.6) is 0 Å². The highest BCUT2D eigenvalue weighted by molar-refractivity contribution is 9.10. The molecule has 3 rings (SSSR count). The van der Waals surface area contributed by atoms with Crippen molar-refractivity contribution >= 4 is 39.3 Å². The van der Waals surface area contributed by atoms with Crippen LogP contribution in [0.25, 0.3) is 11.5 Å². The van der Waals surface area contributed by atoms with Gasteiger partial charge in [0.05, 0.1) is 5.75 Å². The first-order valence-electron chi connectivity index (χ1n) is 7.75. The highest BCUT2D eigenvalue weighted by atomic mass is 79.9. The van der Waals surface area contributed by atoms with Crippen LogP contribution >= 0.6 is 27.7 Å². The predicted octanol–water partition coefficient (Wildman–Crippen LogP) is 4.79. The average Bonchev–Trinajstić information content (AvgIpc) is 3.10. The zero-order chi connectivity index (χ0) is 17.6. The number of carbonyl (C=O) groups is 1. The van der Waals surface area contributed by atoms with Crippen LogP contribution in [-0.2, 0) is 11.2 Å². The van der Waals surface area contributed by atoms with Gasteiger partial charge in [-0.3, -0.25) is 4.79 Å². The fourth-order valence-corrected chi connectivity index (χ4v) is 3.07. The fourth-order valence-electron chi connectivity index (χ4n) is 2.24. The van der Waals surface area contributed by atoms with E-state index in [0.29, 0.717) is 11.1 Å². The summed E-state index contributed by atoms with van der Waals surface area (Å²) in [5, 5.41) is 11.3. The summed E-state index contributed by atoms with van der Waals surface area (Å²) >= 11 is 4.60. The highest BCUT2D eigenvalue weighted by Crippen LogP contribution is 2.24. The SMILES string of the molecule is CCc1ccccc1NC(=O)CSc1nnc(-c2ccc(Br)cc2)o1. The van der Waals surface area contributed by atoms with Crippen LogP contribution in [0.1, 0.15) is 12.5 Å². The van der Waals surface area contributed by atoms with Crippen molar-refractivity contribution in [2.24, 2.45) is 0 Å². The number of carbonyl (C=O) groups excluding carboxylic acids is 1. The zero-order valence-electron chi connectivity index (χ0n) is 13.5. The number of anilines is 1. The van der Waals surface area contributed by atoms with E-state index in [4.69, 9.17) is 4.42 Å². The van der Waals surface area contributed by atoms with Gasteiger partial charge in [0.15, 0.2) is 0 Å². The minimum absolute atomic E-state index is 0.103. The standard InChI is InChI=1S/C18H16BrN3O2S/c1-2-12-5-3-4-6-15(12)20-16(23)11-25-18-22-21-17(24-18)13-7-9-14(19)10-8-13/h3-10H,2,11H2,1H3,(H,20,23). The quantitative estimate of drug-likeness (QED) is 0.583. The molecule has 0 saturated carbocycles. The Labute approximate surface area is 158 Å². The van der Waals surface area contributed by atoms with Gasteiger partial charge in [-0.05, 0) is 42.3 Å². The summed E-state index contributed by atoms with van der Waals surface area (Å²) < 4.78 is 6.58. The molecule has 0 aliphatic rings. The number of thioether (sulfide) groups is 1. The lowest BCUT2D eigenvalue weighted by atomic mass is 10.1. The maximum atomic E-state index is 12.1. The number of halogens is 1. The summed E-state index contributed by atoms with van der Waals surface area (Å²) in [5.41, 5.74) is 2.79. The molecule has 0 spiro atoms. The molecule has 0 saturated heterocycles. The van der Waals surface area contributed by atoms with Crippen LogP contribution in [0.15, 0.2) is 62.6 Å². The third kappa shape index (κ3) is 4.70. The number of nitrogens with one attached hydrogen (secondary N) is 1. The maximum absolute atomic E-state index is 12.1. The molecule has 7 heteroatoms. The summed E-state index contributed by atoms with van der Waals surface area (Å²) in [5.74, 6) is 0.543. The minimum atomic E-state index is -0.103. The first kappa shape index (κ1) is 17.7. The van der Waals surface area contributed by atoms with Gasteiger partial charge in [0.25, 0.3) is 5.22 Å². The lowest BCUT2D eigenvalue weighted by molar-refractivity contribution is -0.113. The first-order valence-corrected chi connectivity index (χ1v) is 9.53. The minimum Gasteiger partial charge on any atom is -0.411 e. The lowest BCUT2D eigenvalue weighted by Gasteiger charge is -2.08. The van der Waals surface area contributed by atoms with E-state index in [1.165, 1.54) is 11.8 Å². The molecule has 0 fully saturated rings. The summed E-state index contributed by atoms with van der Waals surface area (Å²) in [6.07, 6.45) is 0.865. The Balaban J connectivity index is 1.58. The molecule has 2 aromatic carbocycles. The molecule has 128 valence electrons. The number of hydrogen-bond acceptors (Lipinski definition) is 5. The van der Waals surface area contributed by atoms with Crippen LogP contribution in [0.3, 0.4) is 0 Å². The molecule has 0 unspecified atom stereocenters. The van der Waals surface area contributed by atoms with Crippen LogP contribution < -0.4 is 5.32 Å². The van der Waals surface area contributed by atoms with Gasteiger partial charge in [-0.1, -0.05) is 52.8 Å². The number of hydrogen-bond donors (Lipinski definition) is 1. The van der Waals surface area contributed by atoms with E-state index in [2.05, 4.69) is 38.4 Å². The van der Waals surface area contributed by atoms with Gasteiger partial charge in [-0.25, -0.2) is 0 Å². The molecular formula is C18H16BrN3O2S. The van der Waals surface area contributed by atoms with Gasteiger partial charge >= 0.3 is 0 Å².